The van der Waals surface area contributed by atoms with E-state index in [9.17, 15) is 10.1 Å². The molecule has 0 fully saturated rings. The number of nitrogens with zero attached hydrogens (tertiary/aromatic N) is 4. The van der Waals surface area contributed by atoms with Crippen molar-refractivity contribution in [2.75, 3.05) is 0 Å². The molecule has 2 heterocycles. The minimum atomic E-state index is -0.459. The average Bonchev–Trinajstić information content (AvgIpc) is 2.90. The van der Waals surface area contributed by atoms with Gasteiger partial charge in [0.1, 0.15) is 0 Å². The molecule has 2 aromatic heterocycles. The van der Waals surface area contributed by atoms with Crippen molar-refractivity contribution in [1.29, 1.82) is 5.26 Å². The lowest BCUT2D eigenvalue weighted by atomic mass is 10.2. The molecule has 102 valence electrons. The normalized spacial score (nSPS) is 10.4. The lowest BCUT2D eigenvalue weighted by Gasteiger charge is -2.03. The molecule has 0 amide bonds. The molecule has 6 nitrogen and oxygen atoms in total. The fraction of sp³-hybridized carbons (Fsp3) is 0. The Labute approximate surface area is 123 Å². The molecule has 0 saturated heterocycles. The van der Waals surface area contributed by atoms with Gasteiger partial charge < -0.3 is 0 Å². The zero-order chi connectivity index (χ0) is 14.8. The van der Waals surface area contributed by atoms with E-state index in [1.165, 1.54) is 30.0 Å². The number of hydrogen-bond acceptors (Lipinski definition) is 5. The maximum Gasteiger partial charge on any atom is 0.283 e. The minimum absolute atomic E-state index is 0.0355. The second-order valence-electron chi connectivity index (χ2n) is 4.19. The van der Waals surface area contributed by atoms with Crippen LogP contribution in [-0.2, 0) is 0 Å². The molecule has 7 heteroatoms. The molecule has 3 aromatic rings. The van der Waals surface area contributed by atoms with E-state index < -0.39 is 4.92 Å². The maximum atomic E-state index is 11.1. The fourth-order valence-electron chi connectivity index (χ4n) is 1.91. The summed E-state index contributed by atoms with van der Waals surface area (Å²) in [6, 6.07) is 11.9. The van der Waals surface area contributed by atoms with Crippen LogP contribution in [0.3, 0.4) is 0 Å². The molecular weight excluding hydrogens is 288 g/mol. The molecule has 0 saturated carbocycles. The Balaban J connectivity index is 2.08. The first-order valence-corrected chi connectivity index (χ1v) is 6.79. The van der Waals surface area contributed by atoms with Crippen molar-refractivity contribution in [2.24, 2.45) is 0 Å². The molecule has 0 aliphatic carbocycles. The minimum Gasteiger partial charge on any atom is -0.295 e. The molecule has 0 radical (unpaired) electrons. The molecular formula is C14H8N4O2S. The van der Waals surface area contributed by atoms with Crippen molar-refractivity contribution in [2.45, 2.75) is 10.1 Å². The molecule has 3 rings (SSSR count). The SMILES string of the molecule is N#Cc1ccc([N+](=O)[O-])c(Sc2ncc3ccccn23)c1. The third kappa shape index (κ3) is 2.44. The summed E-state index contributed by atoms with van der Waals surface area (Å²) in [5.41, 5.74) is 1.25. The smallest absolute Gasteiger partial charge is 0.283 e. The second kappa shape index (κ2) is 5.26. The van der Waals surface area contributed by atoms with Crippen molar-refractivity contribution < 1.29 is 4.92 Å². The Morgan fingerprint density at radius 2 is 2.19 bits per heavy atom. The topological polar surface area (TPSA) is 84.2 Å². The highest BCUT2D eigenvalue weighted by atomic mass is 32.2. The van der Waals surface area contributed by atoms with E-state index in [0.717, 1.165) is 5.52 Å². The van der Waals surface area contributed by atoms with Gasteiger partial charge in [0.2, 0.25) is 0 Å². The standard InChI is InChI=1S/C14H8N4O2S/c15-8-10-4-5-12(18(19)20)13(7-10)21-14-16-9-11-3-1-2-6-17(11)14/h1-7,9H. The quantitative estimate of drug-likeness (QED) is 0.547. The van der Waals surface area contributed by atoms with Gasteiger partial charge in [0.15, 0.2) is 5.16 Å². The van der Waals surface area contributed by atoms with Crippen molar-refractivity contribution in [3.63, 3.8) is 0 Å². The third-order valence-electron chi connectivity index (χ3n) is 2.89. The van der Waals surface area contributed by atoms with Crippen LogP contribution in [0, 0.1) is 21.4 Å². The number of imidazole rings is 1. The maximum absolute atomic E-state index is 11.1. The van der Waals surface area contributed by atoms with Gasteiger partial charge in [0.05, 0.1) is 33.2 Å². The number of rotatable bonds is 3. The van der Waals surface area contributed by atoms with Crippen LogP contribution in [-0.4, -0.2) is 14.3 Å². The van der Waals surface area contributed by atoms with E-state index >= 15 is 0 Å². The Bertz CT molecular complexity index is 882. The zero-order valence-electron chi connectivity index (χ0n) is 10.6. The van der Waals surface area contributed by atoms with Crippen molar-refractivity contribution in [3.05, 3.63) is 64.5 Å². The molecule has 0 aliphatic heterocycles. The van der Waals surface area contributed by atoms with Crippen LogP contribution in [0.2, 0.25) is 0 Å². The molecule has 0 spiro atoms. The van der Waals surface area contributed by atoms with Gasteiger partial charge in [0.25, 0.3) is 5.69 Å². The summed E-state index contributed by atoms with van der Waals surface area (Å²) >= 11 is 1.17. The number of pyridine rings is 1. The van der Waals surface area contributed by atoms with Crippen molar-refractivity contribution in [1.82, 2.24) is 9.38 Å². The van der Waals surface area contributed by atoms with E-state index in [0.29, 0.717) is 15.6 Å². The van der Waals surface area contributed by atoms with Crippen LogP contribution in [0.15, 0.2) is 58.8 Å². The van der Waals surface area contributed by atoms with E-state index in [1.54, 1.807) is 6.20 Å². The molecule has 21 heavy (non-hydrogen) atoms. The second-order valence-corrected chi connectivity index (χ2v) is 5.20. The van der Waals surface area contributed by atoms with Gasteiger partial charge in [-0.05, 0) is 36.0 Å². The Hall–Kier alpha value is -2.85. The number of nitriles is 1. The van der Waals surface area contributed by atoms with Gasteiger partial charge in [-0.25, -0.2) is 4.98 Å². The van der Waals surface area contributed by atoms with Crippen LogP contribution in [0.4, 0.5) is 5.69 Å². The molecule has 1 aromatic carbocycles. The number of benzene rings is 1. The monoisotopic (exact) mass is 296 g/mol. The van der Waals surface area contributed by atoms with Crippen LogP contribution in [0.5, 0.6) is 0 Å². The fourth-order valence-corrected chi connectivity index (χ4v) is 2.91. The Kier molecular flexibility index (Phi) is 3.30. The molecule has 0 unspecified atom stereocenters. The summed E-state index contributed by atoms with van der Waals surface area (Å²) in [5, 5.41) is 20.6. The number of aromatic nitrogens is 2. The number of nitro benzene ring substituents is 1. The van der Waals surface area contributed by atoms with E-state index in [2.05, 4.69) is 4.98 Å². The van der Waals surface area contributed by atoms with Gasteiger partial charge in [-0.2, -0.15) is 5.26 Å². The molecule has 0 bridgehead atoms. The Morgan fingerprint density at radius 3 is 2.95 bits per heavy atom. The van der Waals surface area contributed by atoms with E-state index in [4.69, 9.17) is 5.26 Å². The summed E-state index contributed by atoms with van der Waals surface area (Å²) < 4.78 is 1.84. The van der Waals surface area contributed by atoms with Crippen molar-refractivity contribution in [3.8, 4) is 6.07 Å². The first-order chi connectivity index (χ1) is 10.2. The lowest BCUT2D eigenvalue weighted by Crippen LogP contribution is -1.93. The first-order valence-electron chi connectivity index (χ1n) is 5.97. The summed E-state index contributed by atoms with van der Waals surface area (Å²) in [4.78, 5) is 15.3. The molecule has 0 atom stereocenters. The van der Waals surface area contributed by atoms with Crippen LogP contribution >= 0.6 is 11.8 Å². The Morgan fingerprint density at radius 1 is 1.33 bits per heavy atom. The highest BCUT2D eigenvalue weighted by Gasteiger charge is 2.17. The number of nitro groups is 1. The summed E-state index contributed by atoms with van der Waals surface area (Å²) in [6.45, 7) is 0. The zero-order valence-corrected chi connectivity index (χ0v) is 11.4. The van der Waals surface area contributed by atoms with Crippen LogP contribution in [0.25, 0.3) is 5.52 Å². The van der Waals surface area contributed by atoms with E-state index in [1.807, 2.05) is 34.9 Å². The van der Waals surface area contributed by atoms with Crippen LogP contribution < -0.4 is 0 Å². The van der Waals surface area contributed by atoms with Gasteiger partial charge >= 0.3 is 0 Å². The summed E-state index contributed by atoms with van der Waals surface area (Å²) in [7, 11) is 0. The van der Waals surface area contributed by atoms with Gasteiger partial charge in [-0.3, -0.25) is 14.5 Å². The highest BCUT2D eigenvalue weighted by molar-refractivity contribution is 7.99. The van der Waals surface area contributed by atoms with Crippen LogP contribution in [0.1, 0.15) is 5.56 Å². The summed E-state index contributed by atoms with van der Waals surface area (Å²) in [5.74, 6) is 0. The first kappa shape index (κ1) is 13.1. The van der Waals surface area contributed by atoms with Gasteiger partial charge in [-0.15, -0.1) is 0 Å². The number of fused-ring (bicyclic) bond motifs is 1. The summed E-state index contributed by atoms with van der Waals surface area (Å²) in [6.07, 6.45) is 3.53. The van der Waals surface area contributed by atoms with Crippen molar-refractivity contribution >= 4 is 23.0 Å². The van der Waals surface area contributed by atoms with Gasteiger partial charge in [0, 0.05) is 12.3 Å². The molecule has 0 aliphatic rings. The average molecular weight is 296 g/mol. The predicted octanol–water partition coefficient (Wildman–Crippen LogP) is 3.27. The highest BCUT2D eigenvalue weighted by Crippen LogP contribution is 2.34. The predicted molar refractivity (Wildman–Crippen MR) is 77.1 cm³/mol. The van der Waals surface area contributed by atoms with Gasteiger partial charge in [-0.1, -0.05) is 6.07 Å². The van der Waals surface area contributed by atoms with E-state index in [-0.39, 0.29) is 5.69 Å². The largest absolute Gasteiger partial charge is 0.295 e. The lowest BCUT2D eigenvalue weighted by molar-refractivity contribution is -0.387. The molecule has 0 N–H and O–H groups in total. The number of hydrogen-bond donors (Lipinski definition) is 0. The third-order valence-corrected chi connectivity index (χ3v) is 3.92.